The van der Waals surface area contributed by atoms with Crippen LogP contribution in [0.5, 0.6) is 0 Å². The first-order valence-electron chi connectivity index (χ1n) is 13.0. The van der Waals surface area contributed by atoms with E-state index in [1.165, 1.54) is 50.3 Å². The van der Waals surface area contributed by atoms with Crippen LogP contribution in [0.25, 0.3) is 27.8 Å². The largest absolute Gasteiger partial charge is 0.386 e. The molecule has 1 N–H and O–H groups in total. The molecule has 4 aromatic rings. The van der Waals surface area contributed by atoms with Crippen LogP contribution >= 0.6 is 0 Å². The lowest BCUT2D eigenvalue weighted by molar-refractivity contribution is 0.612. The molecule has 37 heavy (non-hydrogen) atoms. The van der Waals surface area contributed by atoms with E-state index in [0.29, 0.717) is 0 Å². The maximum absolute atomic E-state index is 4.48. The van der Waals surface area contributed by atoms with Gasteiger partial charge in [0.05, 0.1) is 16.9 Å². The molecular weight excluding hydrogens is 448 g/mol. The van der Waals surface area contributed by atoms with E-state index in [2.05, 4.69) is 140 Å². The normalized spacial score (nSPS) is 21.3. The highest BCUT2D eigenvalue weighted by Gasteiger charge is 2.46. The molecule has 1 aliphatic carbocycles. The number of benzene rings is 4. The monoisotopic (exact) mass is 480 g/mol. The van der Waals surface area contributed by atoms with Gasteiger partial charge in [0.25, 0.3) is 0 Å². The summed E-state index contributed by atoms with van der Waals surface area (Å²) in [6.07, 6.45) is 5.36. The van der Waals surface area contributed by atoms with Gasteiger partial charge in [0.1, 0.15) is 0 Å². The zero-order valence-electron chi connectivity index (χ0n) is 21.8. The highest BCUT2D eigenvalue weighted by Crippen LogP contribution is 2.56. The third-order valence-electron chi connectivity index (χ3n) is 7.96. The number of para-hydroxylation sites is 3. The first kappa shape index (κ1) is 23.1. The molecule has 2 aliphatic rings. The third-order valence-corrected chi connectivity index (χ3v) is 7.96. The van der Waals surface area contributed by atoms with Crippen molar-refractivity contribution in [3.8, 4) is 11.1 Å². The Hall–Kier alpha value is -4.30. The summed E-state index contributed by atoms with van der Waals surface area (Å²) in [6.45, 7) is 9.17. The topological polar surface area (TPSA) is 15.3 Å². The number of rotatable bonds is 2. The summed E-state index contributed by atoms with van der Waals surface area (Å²) in [5.74, 6) is 0. The Morgan fingerprint density at radius 3 is 1.95 bits per heavy atom. The Balaban J connectivity index is 1.71. The molecule has 0 saturated carbocycles. The van der Waals surface area contributed by atoms with Crippen LogP contribution in [0.4, 0.5) is 17.1 Å². The SMILES string of the molecule is C=C1/C=C\CC2(C)/C(=C(\C)c3ccccc3-c3ccccc31)c1ccccc1N2c1ccccc1NC. The number of hydrogen-bond donors (Lipinski definition) is 1. The molecule has 0 aromatic heterocycles. The van der Waals surface area contributed by atoms with Gasteiger partial charge >= 0.3 is 0 Å². The Morgan fingerprint density at radius 2 is 1.24 bits per heavy atom. The molecule has 2 heteroatoms. The summed E-state index contributed by atoms with van der Waals surface area (Å²) in [5.41, 5.74) is 13.2. The van der Waals surface area contributed by atoms with Crippen molar-refractivity contribution in [1.82, 2.24) is 0 Å². The Labute approximate surface area is 220 Å². The summed E-state index contributed by atoms with van der Waals surface area (Å²) < 4.78 is 0. The smallest absolute Gasteiger partial charge is 0.0719 e. The highest BCUT2D eigenvalue weighted by molar-refractivity contribution is 6.08. The van der Waals surface area contributed by atoms with Gasteiger partial charge in [-0.15, -0.1) is 0 Å². The van der Waals surface area contributed by atoms with Gasteiger partial charge in [0.15, 0.2) is 0 Å². The number of anilines is 3. The fraction of sp³-hybridized carbons (Fsp3) is 0.143. The van der Waals surface area contributed by atoms with Crippen molar-refractivity contribution in [3.63, 3.8) is 0 Å². The molecular formula is C35H32N2. The van der Waals surface area contributed by atoms with Crippen LogP contribution in [0.1, 0.15) is 37.0 Å². The highest BCUT2D eigenvalue weighted by atomic mass is 15.2. The van der Waals surface area contributed by atoms with E-state index in [-0.39, 0.29) is 5.54 Å². The van der Waals surface area contributed by atoms with E-state index in [1.54, 1.807) is 0 Å². The number of nitrogens with one attached hydrogen (secondary N) is 1. The molecule has 1 heterocycles. The van der Waals surface area contributed by atoms with Crippen molar-refractivity contribution < 1.29 is 0 Å². The molecule has 0 saturated heterocycles. The van der Waals surface area contributed by atoms with Gasteiger partial charge < -0.3 is 10.2 Å². The fourth-order valence-electron chi connectivity index (χ4n) is 6.32. The second-order valence-corrected chi connectivity index (χ2v) is 10.1. The van der Waals surface area contributed by atoms with Crippen molar-refractivity contribution in [3.05, 3.63) is 132 Å². The summed E-state index contributed by atoms with van der Waals surface area (Å²) in [5, 5.41) is 3.43. The predicted octanol–water partition coefficient (Wildman–Crippen LogP) is 9.21. The van der Waals surface area contributed by atoms with Crippen LogP contribution in [0, 0.1) is 0 Å². The predicted molar refractivity (Wildman–Crippen MR) is 160 cm³/mol. The molecule has 0 radical (unpaired) electrons. The molecule has 4 aromatic carbocycles. The van der Waals surface area contributed by atoms with E-state index in [9.17, 15) is 0 Å². The van der Waals surface area contributed by atoms with Crippen LogP contribution < -0.4 is 10.2 Å². The minimum absolute atomic E-state index is 0.304. The quantitative estimate of drug-likeness (QED) is 0.308. The zero-order valence-corrected chi connectivity index (χ0v) is 21.8. The van der Waals surface area contributed by atoms with E-state index in [0.717, 1.165) is 17.7 Å². The fourth-order valence-corrected chi connectivity index (χ4v) is 6.32. The third kappa shape index (κ3) is 3.55. The lowest BCUT2D eigenvalue weighted by Gasteiger charge is -2.39. The van der Waals surface area contributed by atoms with E-state index in [1.807, 2.05) is 7.05 Å². The average molecular weight is 481 g/mol. The van der Waals surface area contributed by atoms with E-state index < -0.39 is 0 Å². The number of allylic oxidation sites excluding steroid dienone is 3. The summed E-state index contributed by atoms with van der Waals surface area (Å²) >= 11 is 0. The van der Waals surface area contributed by atoms with Gasteiger partial charge in [-0.05, 0) is 77.4 Å². The minimum atomic E-state index is -0.304. The first-order valence-corrected chi connectivity index (χ1v) is 13.0. The molecule has 0 amide bonds. The van der Waals surface area contributed by atoms with Gasteiger partial charge in [-0.2, -0.15) is 0 Å². The molecule has 2 nitrogen and oxygen atoms in total. The van der Waals surface area contributed by atoms with Crippen LogP contribution in [0.15, 0.2) is 116 Å². The Bertz CT molecular complexity index is 1590. The van der Waals surface area contributed by atoms with Crippen LogP contribution in [-0.4, -0.2) is 12.6 Å². The van der Waals surface area contributed by atoms with Gasteiger partial charge in [0.2, 0.25) is 0 Å². The summed E-state index contributed by atoms with van der Waals surface area (Å²) in [4.78, 5) is 2.54. The molecule has 0 spiro atoms. The van der Waals surface area contributed by atoms with Crippen LogP contribution in [-0.2, 0) is 0 Å². The number of hydrogen-bond acceptors (Lipinski definition) is 2. The van der Waals surface area contributed by atoms with Crippen molar-refractivity contribution in [1.29, 1.82) is 0 Å². The van der Waals surface area contributed by atoms with E-state index in [4.69, 9.17) is 0 Å². The second-order valence-electron chi connectivity index (χ2n) is 10.1. The molecule has 182 valence electrons. The lowest BCUT2D eigenvalue weighted by atomic mass is 9.80. The van der Waals surface area contributed by atoms with Gasteiger partial charge in [-0.1, -0.05) is 97.6 Å². The van der Waals surface area contributed by atoms with Gasteiger partial charge in [-0.25, -0.2) is 0 Å². The maximum atomic E-state index is 4.48. The number of nitrogens with zero attached hydrogens (tertiary/aromatic N) is 1. The van der Waals surface area contributed by atoms with Crippen molar-refractivity contribution >= 4 is 33.8 Å². The summed E-state index contributed by atoms with van der Waals surface area (Å²) in [6, 6.07) is 34.9. The Kier molecular flexibility index (Phi) is 5.61. The van der Waals surface area contributed by atoms with Crippen molar-refractivity contribution in [2.24, 2.45) is 0 Å². The molecule has 1 atom stereocenters. The molecule has 6 rings (SSSR count). The second kappa shape index (κ2) is 8.97. The molecule has 0 bridgehead atoms. The maximum Gasteiger partial charge on any atom is 0.0719 e. The van der Waals surface area contributed by atoms with Crippen molar-refractivity contribution in [2.75, 3.05) is 17.3 Å². The zero-order chi connectivity index (χ0) is 25.6. The average Bonchev–Trinajstić information content (AvgIpc) is 3.19. The van der Waals surface area contributed by atoms with Crippen LogP contribution in [0.2, 0.25) is 0 Å². The Morgan fingerprint density at radius 1 is 0.703 bits per heavy atom. The van der Waals surface area contributed by atoms with Gasteiger partial charge in [-0.3, -0.25) is 0 Å². The molecule has 0 fully saturated rings. The van der Waals surface area contributed by atoms with Gasteiger partial charge in [0, 0.05) is 18.3 Å². The number of fused-ring (bicyclic) bond motifs is 6. The molecule has 1 aliphatic heterocycles. The first-order chi connectivity index (χ1) is 18.0. The van der Waals surface area contributed by atoms with Crippen molar-refractivity contribution in [2.45, 2.75) is 25.8 Å². The summed E-state index contributed by atoms with van der Waals surface area (Å²) in [7, 11) is 2.00. The van der Waals surface area contributed by atoms with Crippen LogP contribution in [0.3, 0.4) is 0 Å². The minimum Gasteiger partial charge on any atom is -0.386 e. The van der Waals surface area contributed by atoms with E-state index >= 15 is 0 Å². The lowest BCUT2D eigenvalue weighted by Crippen LogP contribution is -2.40. The standard InChI is InChI=1S/C35H32N2/c1-24-14-13-23-35(3)34(25(2)27-16-6-8-18-29(27)28-17-7-5-15-26(24)28)30-19-9-11-21-32(30)37(35)33-22-12-10-20-31(33)36-4/h5-22,36H,1,23H2,2-4H3/b14-13-,34-25+. The molecule has 1 unspecified atom stereocenters.